The molecule has 0 unspecified atom stereocenters. The van der Waals surface area contributed by atoms with E-state index in [-0.39, 0.29) is 6.42 Å². The molecule has 5 nitrogen and oxygen atoms in total. The van der Waals surface area contributed by atoms with Crippen molar-refractivity contribution in [2.24, 2.45) is 0 Å². The Bertz CT molecular complexity index is 465. The summed E-state index contributed by atoms with van der Waals surface area (Å²) in [5, 5.41) is 3.03. The van der Waals surface area contributed by atoms with Gasteiger partial charge >= 0.3 is 11.9 Å². The van der Waals surface area contributed by atoms with Gasteiger partial charge in [0.05, 0.1) is 13.5 Å². The van der Waals surface area contributed by atoms with E-state index in [0.29, 0.717) is 6.54 Å². The fourth-order valence-electron chi connectivity index (χ4n) is 1.77. The number of methoxy groups -OCH3 is 1. The second kappa shape index (κ2) is 7.78. The highest BCUT2D eigenvalue weighted by molar-refractivity contribution is 5.82. The first-order chi connectivity index (χ1) is 9.81. The van der Waals surface area contributed by atoms with Crippen LogP contribution in [-0.4, -0.2) is 30.7 Å². The topological polar surface area (TPSA) is 64.6 Å². The molecule has 1 atom stereocenters. The van der Waals surface area contributed by atoms with Crippen molar-refractivity contribution in [2.45, 2.75) is 45.4 Å². The maximum atomic E-state index is 11.8. The van der Waals surface area contributed by atoms with E-state index >= 15 is 0 Å². The predicted molar refractivity (Wildman–Crippen MR) is 79.5 cm³/mol. The fourth-order valence-corrected chi connectivity index (χ4v) is 1.77. The molecule has 0 saturated heterocycles. The number of benzene rings is 1. The highest BCUT2D eigenvalue weighted by atomic mass is 16.6. The van der Waals surface area contributed by atoms with E-state index < -0.39 is 23.6 Å². The molecular formula is C16H23NO4. The van der Waals surface area contributed by atoms with E-state index in [4.69, 9.17) is 9.47 Å². The van der Waals surface area contributed by atoms with Crippen LogP contribution in [0.3, 0.4) is 0 Å². The summed E-state index contributed by atoms with van der Waals surface area (Å²) >= 11 is 0. The van der Waals surface area contributed by atoms with E-state index in [2.05, 4.69) is 5.32 Å². The summed E-state index contributed by atoms with van der Waals surface area (Å²) in [6, 6.07) is 8.91. The van der Waals surface area contributed by atoms with E-state index in [0.717, 1.165) is 5.56 Å². The molecule has 0 aliphatic heterocycles. The number of carbonyl (C=O) groups is 2. The van der Waals surface area contributed by atoms with Crippen molar-refractivity contribution in [3.63, 3.8) is 0 Å². The van der Waals surface area contributed by atoms with Crippen molar-refractivity contribution in [2.75, 3.05) is 7.11 Å². The average molecular weight is 293 g/mol. The van der Waals surface area contributed by atoms with Crippen LogP contribution in [0.5, 0.6) is 0 Å². The minimum atomic E-state index is -0.718. The van der Waals surface area contributed by atoms with Crippen molar-refractivity contribution >= 4 is 11.9 Å². The zero-order valence-corrected chi connectivity index (χ0v) is 13.0. The molecule has 0 bridgehead atoms. The first kappa shape index (κ1) is 17.2. The van der Waals surface area contributed by atoms with Crippen LogP contribution in [0, 0.1) is 0 Å². The van der Waals surface area contributed by atoms with Gasteiger partial charge in [-0.3, -0.25) is 14.9 Å². The summed E-state index contributed by atoms with van der Waals surface area (Å²) in [5.74, 6) is -0.907. The van der Waals surface area contributed by atoms with Crippen molar-refractivity contribution < 1.29 is 19.1 Å². The van der Waals surface area contributed by atoms with Crippen LogP contribution >= 0.6 is 0 Å². The van der Waals surface area contributed by atoms with Gasteiger partial charge in [-0.15, -0.1) is 0 Å². The van der Waals surface area contributed by atoms with E-state index in [1.54, 1.807) is 20.8 Å². The van der Waals surface area contributed by atoms with Gasteiger partial charge in [-0.2, -0.15) is 0 Å². The number of rotatable bonds is 6. The van der Waals surface area contributed by atoms with Gasteiger partial charge in [0.25, 0.3) is 0 Å². The number of hydrogen-bond donors (Lipinski definition) is 1. The van der Waals surface area contributed by atoms with E-state index in [1.807, 2.05) is 30.3 Å². The third-order valence-electron chi connectivity index (χ3n) is 2.67. The Morgan fingerprint density at radius 1 is 1.19 bits per heavy atom. The molecule has 0 aliphatic carbocycles. The maximum Gasteiger partial charge on any atom is 0.323 e. The molecule has 1 aromatic carbocycles. The molecule has 0 radical (unpaired) electrons. The van der Waals surface area contributed by atoms with Gasteiger partial charge < -0.3 is 9.47 Å². The molecule has 1 rings (SSSR count). The Balaban J connectivity index is 2.60. The lowest BCUT2D eigenvalue weighted by molar-refractivity contribution is -0.159. The van der Waals surface area contributed by atoms with Crippen LogP contribution in [0.2, 0.25) is 0 Å². The van der Waals surface area contributed by atoms with Crippen molar-refractivity contribution in [3.05, 3.63) is 35.9 Å². The normalized spacial score (nSPS) is 12.6. The number of nitrogens with one attached hydrogen (secondary N) is 1. The Labute approximate surface area is 125 Å². The SMILES string of the molecule is COC(=O)[C@H](CC(=O)OC(C)(C)C)NCc1ccccc1. The lowest BCUT2D eigenvalue weighted by atomic mass is 10.1. The predicted octanol–water partition coefficient (Wildman–Crippen LogP) is 2.05. The Morgan fingerprint density at radius 3 is 2.33 bits per heavy atom. The zero-order chi connectivity index (χ0) is 15.9. The molecule has 0 saturated carbocycles. The Hall–Kier alpha value is -1.88. The summed E-state index contributed by atoms with van der Waals surface area (Å²) in [6.07, 6.45) is -0.0588. The lowest BCUT2D eigenvalue weighted by Gasteiger charge is -2.22. The van der Waals surface area contributed by atoms with Gasteiger partial charge in [-0.1, -0.05) is 30.3 Å². The number of carbonyl (C=O) groups excluding carboxylic acids is 2. The van der Waals surface area contributed by atoms with Crippen LogP contribution in [0.15, 0.2) is 30.3 Å². The van der Waals surface area contributed by atoms with E-state index in [9.17, 15) is 9.59 Å². The van der Waals surface area contributed by atoms with Crippen molar-refractivity contribution in [3.8, 4) is 0 Å². The molecule has 0 heterocycles. The summed E-state index contributed by atoms with van der Waals surface area (Å²) in [6.45, 7) is 5.84. The monoisotopic (exact) mass is 293 g/mol. The van der Waals surface area contributed by atoms with Crippen LogP contribution in [-0.2, 0) is 25.6 Å². The molecule has 0 aromatic heterocycles. The largest absolute Gasteiger partial charge is 0.468 e. The Kier molecular flexibility index (Phi) is 6.37. The summed E-state index contributed by atoms with van der Waals surface area (Å²) in [4.78, 5) is 23.6. The van der Waals surface area contributed by atoms with Gasteiger partial charge in [0, 0.05) is 6.54 Å². The van der Waals surface area contributed by atoms with Crippen molar-refractivity contribution in [1.82, 2.24) is 5.32 Å². The Morgan fingerprint density at radius 2 is 1.81 bits per heavy atom. The molecular weight excluding hydrogens is 270 g/mol. The summed E-state index contributed by atoms with van der Waals surface area (Å²) in [7, 11) is 1.30. The highest BCUT2D eigenvalue weighted by Gasteiger charge is 2.25. The molecule has 5 heteroatoms. The number of hydrogen-bond acceptors (Lipinski definition) is 5. The fraction of sp³-hybridized carbons (Fsp3) is 0.500. The van der Waals surface area contributed by atoms with Gasteiger partial charge in [0.15, 0.2) is 0 Å². The van der Waals surface area contributed by atoms with Crippen LogP contribution in [0.1, 0.15) is 32.8 Å². The van der Waals surface area contributed by atoms with Crippen LogP contribution in [0.25, 0.3) is 0 Å². The summed E-state index contributed by atoms with van der Waals surface area (Å²) < 4.78 is 9.95. The molecule has 116 valence electrons. The molecule has 0 fully saturated rings. The minimum Gasteiger partial charge on any atom is -0.468 e. The van der Waals surface area contributed by atoms with Gasteiger partial charge in [-0.25, -0.2) is 0 Å². The minimum absolute atomic E-state index is 0.0588. The molecule has 0 spiro atoms. The maximum absolute atomic E-state index is 11.8. The third-order valence-corrected chi connectivity index (χ3v) is 2.67. The number of ether oxygens (including phenoxy) is 2. The van der Waals surface area contributed by atoms with Gasteiger partial charge in [0.2, 0.25) is 0 Å². The molecule has 0 amide bonds. The average Bonchev–Trinajstić information content (AvgIpc) is 2.41. The molecule has 1 N–H and O–H groups in total. The quantitative estimate of drug-likeness (QED) is 0.813. The smallest absolute Gasteiger partial charge is 0.323 e. The van der Waals surface area contributed by atoms with Gasteiger partial charge in [-0.05, 0) is 26.3 Å². The standard InChI is InChI=1S/C16H23NO4/c1-16(2,3)21-14(18)10-13(15(19)20-4)17-11-12-8-6-5-7-9-12/h5-9,13,17H,10-11H2,1-4H3/t13-/m0/s1. The highest BCUT2D eigenvalue weighted by Crippen LogP contribution is 2.10. The van der Waals surface area contributed by atoms with E-state index in [1.165, 1.54) is 7.11 Å². The van der Waals surface area contributed by atoms with Gasteiger partial charge in [0.1, 0.15) is 11.6 Å². The molecule has 1 aromatic rings. The zero-order valence-electron chi connectivity index (χ0n) is 13.0. The second-order valence-corrected chi connectivity index (χ2v) is 5.73. The van der Waals surface area contributed by atoms with Crippen LogP contribution < -0.4 is 5.32 Å². The first-order valence-corrected chi connectivity index (χ1v) is 6.89. The third kappa shape index (κ3) is 6.90. The lowest BCUT2D eigenvalue weighted by Crippen LogP contribution is -2.40. The van der Waals surface area contributed by atoms with Crippen molar-refractivity contribution in [1.29, 1.82) is 0 Å². The second-order valence-electron chi connectivity index (χ2n) is 5.73. The first-order valence-electron chi connectivity index (χ1n) is 6.89. The van der Waals surface area contributed by atoms with Crippen LogP contribution in [0.4, 0.5) is 0 Å². The summed E-state index contributed by atoms with van der Waals surface area (Å²) in [5.41, 5.74) is 0.451. The molecule has 0 aliphatic rings. The molecule has 21 heavy (non-hydrogen) atoms. The number of esters is 2.